The maximum Gasteiger partial charge on any atom is 0.0562 e. The number of fused-ring (bicyclic) bond motifs is 9. The van der Waals surface area contributed by atoms with Gasteiger partial charge < -0.3 is 13.7 Å². The van der Waals surface area contributed by atoms with Crippen LogP contribution in [0.15, 0.2) is 212 Å². The SMILES string of the molecule is c1ccc(-c2cccc(-c3cccc(-n4c5ccccc5c5c(-n6c7ccccc7c7ccc(-n8c9ccccc9c9ccccc98)cc76)cccc54)c3)c2)cc1. The fourth-order valence-corrected chi connectivity index (χ4v) is 9.36. The fourth-order valence-electron chi connectivity index (χ4n) is 9.36. The van der Waals surface area contributed by atoms with Crippen LogP contribution in [0.3, 0.4) is 0 Å². The van der Waals surface area contributed by atoms with Crippen LogP contribution in [0.4, 0.5) is 0 Å². The third-order valence-corrected chi connectivity index (χ3v) is 11.8. The number of hydrogen-bond donors (Lipinski definition) is 0. The molecule has 12 rings (SSSR count). The van der Waals surface area contributed by atoms with Crippen LogP contribution in [0.25, 0.3) is 105 Å². The van der Waals surface area contributed by atoms with Crippen LogP contribution in [-0.4, -0.2) is 13.7 Å². The van der Waals surface area contributed by atoms with Gasteiger partial charge in [-0.3, -0.25) is 0 Å². The molecule has 0 aliphatic carbocycles. The standard InChI is InChI=1S/C54H35N3/c1-2-15-36(16-3-1)37-17-12-18-38(33-37)39-19-13-20-40(34-39)56-50-28-11-7-24-46(50)54-51(56)29-14-30-52(54)57-49-27-10-6-23-44(49)45-32-31-41(35-53(45)57)55-47-25-8-4-21-42(47)43-22-5-9-26-48(43)55/h1-35H. The van der Waals surface area contributed by atoms with Gasteiger partial charge >= 0.3 is 0 Å². The van der Waals surface area contributed by atoms with Crippen molar-refractivity contribution < 1.29 is 0 Å². The fraction of sp³-hybridized carbons (Fsp3) is 0. The molecule has 0 bridgehead atoms. The van der Waals surface area contributed by atoms with Crippen molar-refractivity contribution in [3.05, 3.63) is 212 Å². The number of benzene rings is 9. The minimum atomic E-state index is 1.14. The van der Waals surface area contributed by atoms with E-state index in [0.29, 0.717) is 0 Å². The lowest BCUT2D eigenvalue weighted by molar-refractivity contribution is 1.16. The Balaban J connectivity index is 1.09. The lowest BCUT2D eigenvalue weighted by Gasteiger charge is -2.13. The largest absolute Gasteiger partial charge is 0.309 e. The van der Waals surface area contributed by atoms with E-state index >= 15 is 0 Å². The molecule has 0 radical (unpaired) electrons. The van der Waals surface area contributed by atoms with Gasteiger partial charge in [0.05, 0.1) is 38.8 Å². The molecule has 0 saturated carbocycles. The second-order valence-corrected chi connectivity index (χ2v) is 14.9. The van der Waals surface area contributed by atoms with Crippen molar-refractivity contribution in [2.24, 2.45) is 0 Å². The Bertz CT molecular complexity index is 3470. The molecule has 0 fully saturated rings. The van der Waals surface area contributed by atoms with Crippen molar-refractivity contribution in [2.45, 2.75) is 0 Å². The number of nitrogens with zero attached hydrogens (tertiary/aromatic N) is 3. The van der Waals surface area contributed by atoms with Crippen molar-refractivity contribution in [3.8, 4) is 39.3 Å². The van der Waals surface area contributed by atoms with E-state index in [1.165, 1.54) is 93.4 Å². The van der Waals surface area contributed by atoms with E-state index in [2.05, 4.69) is 226 Å². The number of hydrogen-bond acceptors (Lipinski definition) is 0. The predicted molar refractivity (Wildman–Crippen MR) is 240 cm³/mol. The van der Waals surface area contributed by atoms with Gasteiger partial charge in [0.1, 0.15) is 0 Å². The summed E-state index contributed by atoms with van der Waals surface area (Å²) in [6.07, 6.45) is 0. The van der Waals surface area contributed by atoms with Crippen molar-refractivity contribution >= 4 is 65.4 Å². The average Bonchev–Trinajstić information content (AvgIpc) is 3.92. The third kappa shape index (κ3) is 4.79. The summed E-state index contributed by atoms with van der Waals surface area (Å²) < 4.78 is 7.35. The molecule has 0 aliphatic rings. The third-order valence-electron chi connectivity index (χ3n) is 11.8. The molecule has 9 aromatic carbocycles. The van der Waals surface area contributed by atoms with Gasteiger partial charge in [-0.25, -0.2) is 0 Å². The van der Waals surface area contributed by atoms with Crippen LogP contribution in [0.2, 0.25) is 0 Å². The Kier molecular flexibility index (Phi) is 6.93. The zero-order valence-corrected chi connectivity index (χ0v) is 31.0. The Hall–Kier alpha value is -7.62. The van der Waals surface area contributed by atoms with E-state index in [-0.39, 0.29) is 0 Å². The van der Waals surface area contributed by atoms with Crippen LogP contribution in [0.1, 0.15) is 0 Å². The summed E-state index contributed by atoms with van der Waals surface area (Å²) in [6, 6.07) is 77.4. The molecule has 0 saturated heterocycles. The molecule has 3 heterocycles. The van der Waals surface area contributed by atoms with Crippen molar-refractivity contribution in [3.63, 3.8) is 0 Å². The highest BCUT2D eigenvalue weighted by molar-refractivity contribution is 6.17. The smallest absolute Gasteiger partial charge is 0.0562 e. The van der Waals surface area contributed by atoms with E-state index in [1.807, 2.05) is 0 Å². The molecule has 0 N–H and O–H groups in total. The second kappa shape index (κ2) is 12.5. The van der Waals surface area contributed by atoms with E-state index in [4.69, 9.17) is 0 Å². The van der Waals surface area contributed by atoms with Crippen molar-refractivity contribution in [1.29, 1.82) is 0 Å². The molecule has 0 aliphatic heterocycles. The van der Waals surface area contributed by atoms with Gasteiger partial charge in [-0.15, -0.1) is 0 Å². The van der Waals surface area contributed by atoms with Crippen LogP contribution in [0, 0.1) is 0 Å². The maximum atomic E-state index is 2.49. The Morgan fingerprint density at radius 1 is 0.228 bits per heavy atom. The van der Waals surface area contributed by atoms with Crippen LogP contribution < -0.4 is 0 Å². The summed E-state index contributed by atoms with van der Waals surface area (Å²) in [7, 11) is 0. The number of rotatable bonds is 5. The zero-order valence-electron chi connectivity index (χ0n) is 31.0. The first kappa shape index (κ1) is 31.7. The first-order chi connectivity index (χ1) is 28.3. The Labute approximate surface area is 329 Å². The molecule has 3 nitrogen and oxygen atoms in total. The predicted octanol–water partition coefficient (Wildman–Crippen LogP) is 14.3. The molecule has 3 heteroatoms. The number of aromatic nitrogens is 3. The summed E-state index contributed by atoms with van der Waals surface area (Å²) in [5.74, 6) is 0. The average molecular weight is 726 g/mol. The van der Waals surface area contributed by atoms with E-state index in [1.54, 1.807) is 0 Å². The molecule has 266 valence electrons. The lowest BCUT2D eigenvalue weighted by Crippen LogP contribution is -1.98. The molecular weight excluding hydrogens is 691 g/mol. The van der Waals surface area contributed by atoms with E-state index < -0.39 is 0 Å². The van der Waals surface area contributed by atoms with Crippen LogP contribution in [0.5, 0.6) is 0 Å². The minimum Gasteiger partial charge on any atom is -0.309 e. The molecule has 0 atom stereocenters. The normalized spacial score (nSPS) is 11.9. The summed E-state index contributed by atoms with van der Waals surface area (Å²) >= 11 is 0. The zero-order chi connectivity index (χ0) is 37.5. The van der Waals surface area contributed by atoms with Crippen LogP contribution in [-0.2, 0) is 0 Å². The highest BCUT2D eigenvalue weighted by Gasteiger charge is 2.21. The maximum absolute atomic E-state index is 2.49. The molecule has 0 spiro atoms. The number of para-hydroxylation sites is 4. The van der Waals surface area contributed by atoms with Crippen molar-refractivity contribution in [1.82, 2.24) is 13.7 Å². The first-order valence-corrected chi connectivity index (χ1v) is 19.6. The monoisotopic (exact) mass is 725 g/mol. The molecule has 0 unspecified atom stereocenters. The molecule has 3 aromatic heterocycles. The van der Waals surface area contributed by atoms with E-state index in [9.17, 15) is 0 Å². The van der Waals surface area contributed by atoms with Crippen LogP contribution >= 0.6 is 0 Å². The van der Waals surface area contributed by atoms with Gasteiger partial charge in [0, 0.05) is 43.7 Å². The van der Waals surface area contributed by atoms with Gasteiger partial charge in [0.15, 0.2) is 0 Å². The first-order valence-electron chi connectivity index (χ1n) is 19.6. The minimum absolute atomic E-state index is 1.14. The van der Waals surface area contributed by atoms with Gasteiger partial charge in [0.2, 0.25) is 0 Å². The van der Waals surface area contributed by atoms with Crippen molar-refractivity contribution in [2.75, 3.05) is 0 Å². The lowest BCUT2D eigenvalue weighted by atomic mass is 9.99. The van der Waals surface area contributed by atoms with Gasteiger partial charge in [-0.05, 0) is 89.0 Å². The highest BCUT2D eigenvalue weighted by atomic mass is 15.0. The molecule has 0 amide bonds. The molecular formula is C54H35N3. The van der Waals surface area contributed by atoms with E-state index in [0.717, 1.165) is 11.4 Å². The summed E-state index contributed by atoms with van der Waals surface area (Å²) in [6.45, 7) is 0. The Morgan fingerprint density at radius 2 is 0.667 bits per heavy atom. The van der Waals surface area contributed by atoms with Gasteiger partial charge in [-0.1, -0.05) is 146 Å². The highest BCUT2D eigenvalue weighted by Crippen LogP contribution is 2.42. The second-order valence-electron chi connectivity index (χ2n) is 14.9. The Morgan fingerprint density at radius 3 is 1.35 bits per heavy atom. The quantitative estimate of drug-likeness (QED) is 0.168. The topological polar surface area (TPSA) is 14.8 Å². The summed E-state index contributed by atoms with van der Waals surface area (Å²) in [5, 5.41) is 7.46. The summed E-state index contributed by atoms with van der Waals surface area (Å²) in [4.78, 5) is 0. The summed E-state index contributed by atoms with van der Waals surface area (Å²) in [5.41, 5.74) is 15.4. The van der Waals surface area contributed by atoms with Gasteiger partial charge in [0.25, 0.3) is 0 Å². The molecule has 57 heavy (non-hydrogen) atoms. The molecule has 12 aromatic rings. The van der Waals surface area contributed by atoms with Gasteiger partial charge in [-0.2, -0.15) is 0 Å².